The van der Waals surface area contributed by atoms with Crippen LogP contribution in [0.5, 0.6) is 0 Å². The molecular weight excluding hydrogens is 274 g/mol. The maximum atomic E-state index is 4.95. The summed E-state index contributed by atoms with van der Waals surface area (Å²) >= 11 is 0. The lowest BCUT2D eigenvalue weighted by Gasteiger charge is -2.27. The van der Waals surface area contributed by atoms with Gasteiger partial charge in [-0.3, -0.25) is 9.67 Å². The van der Waals surface area contributed by atoms with Crippen LogP contribution in [-0.2, 0) is 13.6 Å². The van der Waals surface area contributed by atoms with Gasteiger partial charge in [-0.05, 0) is 31.6 Å². The summed E-state index contributed by atoms with van der Waals surface area (Å²) in [6, 6.07) is 0. The summed E-state index contributed by atoms with van der Waals surface area (Å²) in [7, 11) is 4.05. The van der Waals surface area contributed by atoms with Gasteiger partial charge in [0.1, 0.15) is 0 Å². The summed E-state index contributed by atoms with van der Waals surface area (Å²) in [5.41, 5.74) is 1.65. The minimum Gasteiger partial charge on any atom is -0.357 e. The van der Waals surface area contributed by atoms with Crippen molar-refractivity contribution in [2.45, 2.75) is 52.5 Å². The molecule has 1 saturated carbocycles. The van der Waals surface area contributed by atoms with E-state index in [9.17, 15) is 0 Å². The lowest BCUT2D eigenvalue weighted by atomic mass is 9.84. The number of rotatable bonds is 6. The van der Waals surface area contributed by atoms with Crippen LogP contribution in [0.15, 0.2) is 17.4 Å². The normalized spacial score (nSPS) is 17.7. The van der Waals surface area contributed by atoms with E-state index in [2.05, 4.69) is 42.4 Å². The Bertz CT molecular complexity index is 485. The quantitative estimate of drug-likeness (QED) is 0.649. The lowest BCUT2D eigenvalue weighted by molar-refractivity contribution is 0.295. The van der Waals surface area contributed by atoms with Crippen molar-refractivity contribution in [3.63, 3.8) is 0 Å². The van der Waals surface area contributed by atoms with Crippen molar-refractivity contribution in [3.8, 4) is 0 Å². The monoisotopic (exact) mass is 305 g/mol. The largest absolute Gasteiger partial charge is 0.357 e. The van der Waals surface area contributed by atoms with Gasteiger partial charge in [-0.15, -0.1) is 0 Å². The van der Waals surface area contributed by atoms with Crippen LogP contribution in [0.1, 0.15) is 51.5 Å². The Morgan fingerprint density at radius 2 is 2.14 bits per heavy atom. The van der Waals surface area contributed by atoms with Crippen molar-refractivity contribution >= 4 is 5.96 Å². The molecule has 1 aliphatic rings. The third-order valence-corrected chi connectivity index (χ3v) is 4.85. The lowest BCUT2D eigenvalue weighted by Crippen LogP contribution is -2.39. The first kappa shape index (κ1) is 16.8. The van der Waals surface area contributed by atoms with Gasteiger partial charge in [0.05, 0.1) is 6.20 Å². The number of aromatic nitrogens is 2. The van der Waals surface area contributed by atoms with Gasteiger partial charge in [-0.1, -0.05) is 19.8 Å². The molecule has 0 atom stereocenters. The maximum Gasteiger partial charge on any atom is 0.193 e. The van der Waals surface area contributed by atoms with E-state index in [1.54, 1.807) is 0 Å². The molecule has 124 valence electrons. The van der Waals surface area contributed by atoms with E-state index in [0.29, 0.717) is 5.41 Å². The van der Waals surface area contributed by atoms with Crippen LogP contribution in [-0.4, -0.2) is 40.8 Å². The minimum atomic E-state index is 0.440. The molecule has 1 fully saturated rings. The van der Waals surface area contributed by atoms with Gasteiger partial charge in [-0.25, -0.2) is 0 Å². The molecule has 0 bridgehead atoms. The van der Waals surface area contributed by atoms with Crippen molar-refractivity contribution < 1.29 is 0 Å². The molecule has 1 aliphatic carbocycles. The van der Waals surface area contributed by atoms with E-state index in [-0.39, 0.29) is 0 Å². The van der Waals surface area contributed by atoms with Crippen molar-refractivity contribution in [2.24, 2.45) is 17.5 Å². The molecular formula is C17H31N5. The molecule has 1 N–H and O–H groups in total. The summed E-state index contributed by atoms with van der Waals surface area (Å²) in [5, 5.41) is 7.66. The number of hydrogen-bond donors (Lipinski definition) is 1. The van der Waals surface area contributed by atoms with E-state index in [4.69, 9.17) is 4.99 Å². The van der Waals surface area contributed by atoms with Crippen LogP contribution in [0.25, 0.3) is 0 Å². The van der Waals surface area contributed by atoms with E-state index in [0.717, 1.165) is 25.6 Å². The fraction of sp³-hybridized carbons (Fsp3) is 0.765. The summed E-state index contributed by atoms with van der Waals surface area (Å²) in [6.07, 6.45) is 10.6. The number of guanidine groups is 1. The Kier molecular flexibility index (Phi) is 5.86. The fourth-order valence-electron chi connectivity index (χ4n) is 3.36. The number of aryl methyl sites for hydroxylation is 1. The van der Waals surface area contributed by atoms with Gasteiger partial charge >= 0.3 is 0 Å². The summed E-state index contributed by atoms with van der Waals surface area (Å²) in [4.78, 5) is 7.14. The fourth-order valence-corrected chi connectivity index (χ4v) is 3.36. The molecule has 2 rings (SSSR count). The van der Waals surface area contributed by atoms with Crippen molar-refractivity contribution in [1.82, 2.24) is 20.0 Å². The van der Waals surface area contributed by atoms with Gasteiger partial charge in [0.25, 0.3) is 0 Å². The van der Waals surface area contributed by atoms with Crippen LogP contribution in [0.4, 0.5) is 0 Å². The highest BCUT2D eigenvalue weighted by Crippen LogP contribution is 2.41. The number of nitrogens with zero attached hydrogens (tertiary/aromatic N) is 4. The van der Waals surface area contributed by atoms with Crippen LogP contribution in [0.2, 0.25) is 0 Å². The first-order valence-corrected chi connectivity index (χ1v) is 8.55. The average Bonchev–Trinajstić information content (AvgIpc) is 3.13. The summed E-state index contributed by atoms with van der Waals surface area (Å²) in [6.45, 7) is 7.11. The standard InChI is InChI=1S/C17H31N5/c1-5-17(9-7-8-10-17)14-19-16(18-6-2)21(3)12-15-11-20-22(4)13-15/h11,13H,5-10,12,14H2,1-4H3,(H,18,19). The maximum absolute atomic E-state index is 4.95. The second kappa shape index (κ2) is 7.65. The first-order chi connectivity index (χ1) is 10.6. The van der Waals surface area contributed by atoms with Gasteiger partial charge in [0.15, 0.2) is 5.96 Å². The Labute approximate surface area is 134 Å². The van der Waals surface area contributed by atoms with Gasteiger partial charge < -0.3 is 10.2 Å². The Morgan fingerprint density at radius 3 is 2.68 bits per heavy atom. The first-order valence-electron chi connectivity index (χ1n) is 8.55. The zero-order valence-corrected chi connectivity index (χ0v) is 14.6. The van der Waals surface area contributed by atoms with E-state index in [1.165, 1.54) is 37.7 Å². The predicted octanol–water partition coefficient (Wildman–Crippen LogP) is 2.79. The molecule has 0 spiro atoms. The van der Waals surface area contributed by atoms with Crippen LogP contribution in [0.3, 0.4) is 0 Å². The minimum absolute atomic E-state index is 0.440. The predicted molar refractivity (Wildman–Crippen MR) is 91.8 cm³/mol. The topological polar surface area (TPSA) is 45.5 Å². The Morgan fingerprint density at radius 1 is 1.41 bits per heavy atom. The summed E-state index contributed by atoms with van der Waals surface area (Å²) < 4.78 is 1.85. The molecule has 0 unspecified atom stereocenters. The van der Waals surface area contributed by atoms with Crippen LogP contribution >= 0.6 is 0 Å². The van der Waals surface area contributed by atoms with E-state index >= 15 is 0 Å². The number of nitrogens with one attached hydrogen (secondary N) is 1. The van der Waals surface area contributed by atoms with Gasteiger partial charge in [0.2, 0.25) is 0 Å². The molecule has 0 aromatic carbocycles. The third kappa shape index (κ3) is 4.24. The Hall–Kier alpha value is -1.52. The molecule has 1 heterocycles. The molecule has 0 aliphatic heterocycles. The highest BCUT2D eigenvalue weighted by atomic mass is 15.3. The SMILES string of the molecule is CCNC(=NCC1(CC)CCCC1)N(C)Cc1cnn(C)c1. The van der Waals surface area contributed by atoms with Crippen molar-refractivity contribution in [1.29, 1.82) is 0 Å². The average molecular weight is 305 g/mol. The molecule has 1 aromatic heterocycles. The highest BCUT2D eigenvalue weighted by molar-refractivity contribution is 5.79. The van der Waals surface area contributed by atoms with Gasteiger partial charge in [0, 0.05) is 45.5 Å². The van der Waals surface area contributed by atoms with Crippen LogP contribution in [0, 0.1) is 5.41 Å². The second-order valence-corrected chi connectivity index (χ2v) is 6.61. The molecule has 1 aromatic rings. The molecule has 0 radical (unpaired) electrons. The molecule has 0 amide bonds. The van der Waals surface area contributed by atoms with E-state index < -0.39 is 0 Å². The zero-order chi connectivity index (χ0) is 16.0. The highest BCUT2D eigenvalue weighted by Gasteiger charge is 2.31. The van der Waals surface area contributed by atoms with Crippen molar-refractivity contribution in [3.05, 3.63) is 18.0 Å². The molecule has 5 nitrogen and oxygen atoms in total. The smallest absolute Gasteiger partial charge is 0.193 e. The van der Waals surface area contributed by atoms with Crippen LogP contribution < -0.4 is 5.32 Å². The molecule has 0 saturated heterocycles. The number of hydrogen-bond acceptors (Lipinski definition) is 2. The van der Waals surface area contributed by atoms with Crippen molar-refractivity contribution in [2.75, 3.05) is 20.1 Å². The molecule has 22 heavy (non-hydrogen) atoms. The van der Waals surface area contributed by atoms with E-state index in [1.807, 2.05) is 17.9 Å². The zero-order valence-electron chi connectivity index (χ0n) is 14.6. The summed E-state index contributed by atoms with van der Waals surface area (Å²) in [5.74, 6) is 1.01. The Balaban J connectivity index is 2.02. The molecule has 5 heteroatoms. The number of aliphatic imine (C=N–C) groups is 1. The van der Waals surface area contributed by atoms with Gasteiger partial charge in [-0.2, -0.15) is 5.10 Å². The third-order valence-electron chi connectivity index (χ3n) is 4.85. The second-order valence-electron chi connectivity index (χ2n) is 6.61.